The van der Waals surface area contributed by atoms with Gasteiger partial charge in [-0.25, -0.2) is 0 Å². The summed E-state index contributed by atoms with van der Waals surface area (Å²) in [5.74, 6) is 1.96. The number of rotatable bonds is 6. The third kappa shape index (κ3) is 3.37. The normalized spacial score (nSPS) is 14.3. The van der Waals surface area contributed by atoms with Crippen molar-refractivity contribution in [1.29, 1.82) is 0 Å². The fourth-order valence-electron chi connectivity index (χ4n) is 2.71. The fraction of sp³-hybridized carbons (Fsp3) is 0.333. The van der Waals surface area contributed by atoms with Crippen molar-refractivity contribution in [1.82, 2.24) is 5.32 Å². The van der Waals surface area contributed by atoms with E-state index in [0.717, 1.165) is 30.9 Å². The van der Waals surface area contributed by atoms with Crippen molar-refractivity contribution in [3.8, 4) is 11.5 Å². The average molecular weight is 283 g/mol. The predicted molar refractivity (Wildman–Crippen MR) is 84.0 cm³/mol. The molecule has 1 N–H and O–H groups in total. The molecule has 0 saturated heterocycles. The van der Waals surface area contributed by atoms with Gasteiger partial charge in [0.05, 0.1) is 13.2 Å². The summed E-state index contributed by atoms with van der Waals surface area (Å²) in [5.41, 5.74) is 2.62. The molecule has 0 spiro atoms. The number of ether oxygens (including phenoxy) is 2. The van der Waals surface area contributed by atoms with E-state index in [1.165, 1.54) is 11.1 Å². The number of hydrogen-bond acceptors (Lipinski definition) is 3. The second-order valence-corrected chi connectivity index (χ2v) is 5.26. The van der Waals surface area contributed by atoms with Gasteiger partial charge in [0.1, 0.15) is 11.5 Å². The van der Waals surface area contributed by atoms with Crippen molar-refractivity contribution in [2.75, 3.05) is 20.3 Å². The monoisotopic (exact) mass is 283 g/mol. The zero-order valence-electron chi connectivity index (χ0n) is 12.3. The van der Waals surface area contributed by atoms with Gasteiger partial charge in [-0.15, -0.1) is 0 Å². The van der Waals surface area contributed by atoms with Crippen molar-refractivity contribution >= 4 is 0 Å². The minimum absolute atomic E-state index is 0.305. The molecule has 110 valence electrons. The highest BCUT2D eigenvalue weighted by atomic mass is 16.5. The fourth-order valence-corrected chi connectivity index (χ4v) is 2.71. The van der Waals surface area contributed by atoms with E-state index in [0.29, 0.717) is 12.6 Å². The minimum Gasteiger partial charge on any atom is -0.494 e. The molecule has 3 nitrogen and oxygen atoms in total. The van der Waals surface area contributed by atoms with Gasteiger partial charge >= 0.3 is 0 Å². The smallest absolute Gasteiger partial charge is 0.122 e. The minimum atomic E-state index is 0.305. The van der Waals surface area contributed by atoms with Crippen LogP contribution in [0.15, 0.2) is 48.5 Å². The topological polar surface area (TPSA) is 30.5 Å². The van der Waals surface area contributed by atoms with E-state index < -0.39 is 0 Å². The van der Waals surface area contributed by atoms with E-state index in [2.05, 4.69) is 23.5 Å². The first-order chi connectivity index (χ1) is 10.4. The van der Waals surface area contributed by atoms with Gasteiger partial charge in [-0.05, 0) is 36.4 Å². The van der Waals surface area contributed by atoms with Crippen LogP contribution in [0.2, 0.25) is 0 Å². The second kappa shape index (κ2) is 6.64. The van der Waals surface area contributed by atoms with Gasteiger partial charge in [0.15, 0.2) is 0 Å². The van der Waals surface area contributed by atoms with Gasteiger partial charge in [-0.2, -0.15) is 0 Å². The van der Waals surface area contributed by atoms with Gasteiger partial charge < -0.3 is 14.8 Å². The maximum absolute atomic E-state index is 5.79. The lowest BCUT2D eigenvalue weighted by Gasteiger charge is -2.18. The van der Waals surface area contributed by atoms with Crippen molar-refractivity contribution < 1.29 is 9.47 Å². The van der Waals surface area contributed by atoms with E-state index in [9.17, 15) is 0 Å². The molecule has 0 aromatic heterocycles. The first-order valence-corrected chi connectivity index (χ1v) is 7.47. The van der Waals surface area contributed by atoms with Crippen LogP contribution in [0.4, 0.5) is 0 Å². The Morgan fingerprint density at radius 2 is 2.05 bits per heavy atom. The van der Waals surface area contributed by atoms with Crippen LogP contribution in [0.1, 0.15) is 23.6 Å². The highest BCUT2D eigenvalue weighted by Crippen LogP contribution is 2.29. The molecule has 3 rings (SSSR count). The molecule has 0 radical (unpaired) electrons. The van der Waals surface area contributed by atoms with Gasteiger partial charge in [0.2, 0.25) is 0 Å². The van der Waals surface area contributed by atoms with Crippen LogP contribution in [-0.4, -0.2) is 20.3 Å². The number of fused-ring (bicyclic) bond motifs is 1. The molecule has 1 aliphatic rings. The standard InChI is InChI=1S/C18H21NO2/c1-19-17(10-12-20-16-5-3-2-4-6-16)14-7-8-18-15(13-14)9-11-21-18/h2-8,13,17,19H,9-12H2,1H3. The van der Waals surface area contributed by atoms with Crippen molar-refractivity contribution in [2.45, 2.75) is 18.9 Å². The molecule has 3 heteroatoms. The Morgan fingerprint density at radius 1 is 1.19 bits per heavy atom. The lowest BCUT2D eigenvalue weighted by atomic mass is 10.0. The van der Waals surface area contributed by atoms with E-state index in [1.54, 1.807) is 0 Å². The summed E-state index contributed by atoms with van der Waals surface area (Å²) >= 11 is 0. The summed E-state index contributed by atoms with van der Waals surface area (Å²) in [7, 11) is 2.00. The molecule has 0 amide bonds. The maximum atomic E-state index is 5.79. The van der Waals surface area contributed by atoms with E-state index >= 15 is 0 Å². The van der Waals surface area contributed by atoms with Crippen LogP contribution >= 0.6 is 0 Å². The molecule has 1 unspecified atom stereocenters. The van der Waals surface area contributed by atoms with Gasteiger partial charge in [0.25, 0.3) is 0 Å². The Balaban J connectivity index is 1.60. The quantitative estimate of drug-likeness (QED) is 0.882. The molecule has 2 aromatic rings. The summed E-state index contributed by atoms with van der Waals surface area (Å²) in [6, 6.07) is 16.7. The lowest BCUT2D eigenvalue weighted by Crippen LogP contribution is -2.19. The van der Waals surface area contributed by atoms with Gasteiger partial charge in [0, 0.05) is 18.9 Å². The molecular weight excluding hydrogens is 262 g/mol. The zero-order chi connectivity index (χ0) is 14.5. The highest BCUT2D eigenvalue weighted by Gasteiger charge is 2.16. The Kier molecular flexibility index (Phi) is 4.41. The first-order valence-electron chi connectivity index (χ1n) is 7.47. The molecule has 0 aliphatic carbocycles. The Hall–Kier alpha value is -2.00. The average Bonchev–Trinajstić information content (AvgIpc) is 3.00. The Bertz CT molecular complexity index is 583. The molecule has 0 fully saturated rings. The van der Waals surface area contributed by atoms with Crippen molar-refractivity contribution in [3.63, 3.8) is 0 Å². The number of nitrogens with one attached hydrogen (secondary N) is 1. The molecule has 0 bridgehead atoms. The van der Waals surface area contributed by atoms with Crippen LogP contribution in [0.5, 0.6) is 11.5 Å². The van der Waals surface area contributed by atoms with Crippen LogP contribution in [0.3, 0.4) is 0 Å². The third-order valence-electron chi connectivity index (χ3n) is 3.88. The van der Waals surface area contributed by atoms with Crippen molar-refractivity contribution in [2.24, 2.45) is 0 Å². The Labute approximate surface area is 125 Å². The Morgan fingerprint density at radius 3 is 2.86 bits per heavy atom. The van der Waals surface area contributed by atoms with E-state index in [4.69, 9.17) is 9.47 Å². The van der Waals surface area contributed by atoms with E-state index in [1.807, 2.05) is 37.4 Å². The third-order valence-corrected chi connectivity index (χ3v) is 3.88. The maximum Gasteiger partial charge on any atom is 0.122 e. The summed E-state index contributed by atoms with van der Waals surface area (Å²) in [4.78, 5) is 0. The number of para-hydroxylation sites is 1. The molecule has 1 atom stereocenters. The van der Waals surface area contributed by atoms with Crippen LogP contribution < -0.4 is 14.8 Å². The number of benzene rings is 2. The molecule has 2 aromatic carbocycles. The van der Waals surface area contributed by atoms with Crippen LogP contribution in [-0.2, 0) is 6.42 Å². The SMILES string of the molecule is CNC(CCOc1ccccc1)c1ccc2c(c1)CCO2. The second-order valence-electron chi connectivity index (χ2n) is 5.26. The van der Waals surface area contributed by atoms with Gasteiger partial charge in [-0.3, -0.25) is 0 Å². The van der Waals surface area contributed by atoms with E-state index in [-0.39, 0.29) is 0 Å². The summed E-state index contributed by atoms with van der Waals surface area (Å²) in [6.07, 6.45) is 1.95. The molecule has 1 aliphatic heterocycles. The van der Waals surface area contributed by atoms with Gasteiger partial charge in [-0.1, -0.05) is 30.3 Å². The first kappa shape index (κ1) is 14.0. The highest BCUT2D eigenvalue weighted by molar-refractivity contribution is 5.40. The molecule has 1 heterocycles. The lowest BCUT2D eigenvalue weighted by molar-refractivity contribution is 0.290. The summed E-state index contributed by atoms with van der Waals surface area (Å²) in [6.45, 7) is 1.50. The molecule has 21 heavy (non-hydrogen) atoms. The zero-order valence-corrected chi connectivity index (χ0v) is 12.3. The summed E-state index contributed by atoms with van der Waals surface area (Å²) < 4.78 is 11.3. The molecular formula is C18H21NO2. The summed E-state index contributed by atoms with van der Waals surface area (Å²) in [5, 5.41) is 3.37. The number of hydrogen-bond donors (Lipinski definition) is 1. The van der Waals surface area contributed by atoms with Crippen LogP contribution in [0.25, 0.3) is 0 Å². The predicted octanol–water partition coefficient (Wildman–Crippen LogP) is 3.35. The largest absolute Gasteiger partial charge is 0.494 e. The van der Waals surface area contributed by atoms with Crippen LogP contribution in [0, 0.1) is 0 Å². The van der Waals surface area contributed by atoms with Crippen molar-refractivity contribution in [3.05, 3.63) is 59.7 Å². The molecule has 0 saturated carbocycles.